The normalized spacial score (nSPS) is 12.6. The van der Waals surface area contributed by atoms with E-state index in [0.29, 0.717) is 10.0 Å². The Morgan fingerprint density at radius 3 is 2.70 bits per heavy atom. The van der Waals surface area contributed by atoms with E-state index in [1.54, 1.807) is 12.3 Å². The minimum absolute atomic E-state index is 0.154. The SMILES string of the molecule is CCCNC(Cc1ccc(Cl)cc1Cl)c1ccoc1Br. The molecule has 1 aromatic carbocycles. The highest BCUT2D eigenvalue weighted by atomic mass is 79.9. The predicted molar refractivity (Wildman–Crippen MR) is 87.6 cm³/mol. The molecule has 0 aliphatic carbocycles. The van der Waals surface area contributed by atoms with Gasteiger partial charge in [0.05, 0.1) is 6.26 Å². The van der Waals surface area contributed by atoms with Gasteiger partial charge in [-0.2, -0.15) is 0 Å². The summed E-state index contributed by atoms with van der Waals surface area (Å²) < 4.78 is 6.10. The van der Waals surface area contributed by atoms with Crippen molar-refractivity contribution >= 4 is 39.1 Å². The maximum atomic E-state index is 6.26. The second-order valence-corrected chi connectivity index (χ2v) is 6.16. The van der Waals surface area contributed by atoms with Crippen LogP contribution in [0, 0.1) is 0 Å². The highest BCUT2D eigenvalue weighted by Crippen LogP contribution is 2.30. The van der Waals surface area contributed by atoms with Crippen LogP contribution in [0.15, 0.2) is 39.6 Å². The lowest BCUT2D eigenvalue weighted by molar-refractivity contribution is 0.498. The summed E-state index contributed by atoms with van der Waals surface area (Å²) in [5.74, 6) is 0. The molecule has 0 amide bonds. The molecule has 0 aliphatic heterocycles. The summed E-state index contributed by atoms with van der Waals surface area (Å²) in [6.45, 7) is 3.08. The van der Waals surface area contributed by atoms with Gasteiger partial charge in [-0.25, -0.2) is 0 Å². The first-order valence-electron chi connectivity index (χ1n) is 6.52. The number of rotatable bonds is 6. The number of hydrogen-bond donors (Lipinski definition) is 1. The predicted octanol–water partition coefficient (Wildman–Crippen LogP) is 5.63. The maximum absolute atomic E-state index is 6.26. The quantitative estimate of drug-likeness (QED) is 0.706. The Bertz CT molecular complexity index is 571. The number of nitrogens with one attached hydrogen (secondary N) is 1. The minimum atomic E-state index is 0.154. The summed E-state index contributed by atoms with van der Waals surface area (Å²) in [6, 6.07) is 7.74. The smallest absolute Gasteiger partial charge is 0.173 e. The third kappa shape index (κ3) is 4.01. The molecular formula is C15H16BrCl2NO. The molecule has 2 nitrogen and oxygen atoms in total. The lowest BCUT2D eigenvalue weighted by Gasteiger charge is -2.18. The molecule has 0 radical (unpaired) electrons. The molecule has 0 bridgehead atoms. The summed E-state index contributed by atoms with van der Waals surface area (Å²) in [6.07, 6.45) is 3.54. The fraction of sp³-hybridized carbons (Fsp3) is 0.333. The van der Waals surface area contributed by atoms with Crippen LogP contribution >= 0.6 is 39.1 Å². The molecule has 20 heavy (non-hydrogen) atoms. The molecule has 1 unspecified atom stereocenters. The third-order valence-electron chi connectivity index (χ3n) is 3.10. The van der Waals surface area contributed by atoms with Gasteiger partial charge in [-0.15, -0.1) is 0 Å². The Morgan fingerprint density at radius 2 is 2.10 bits per heavy atom. The summed E-state index contributed by atoms with van der Waals surface area (Å²) >= 11 is 15.6. The Morgan fingerprint density at radius 1 is 1.30 bits per heavy atom. The van der Waals surface area contributed by atoms with Crippen LogP contribution in [0.25, 0.3) is 0 Å². The van der Waals surface area contributed by atoms with Gasteiger partial charge in [-0.1, -0.05) is 36.2 Å². The largest absolute Gasteiger partial charge is 0.457 e. The minimum Gasteiger partial charge on any atom is -0.457 e. The fourth-order valence-corrected chi connectivity index (χ4v) is 3.07. The molecule has 1 atom stereocenters. The molecule has 0 aliphatic rings. The van der Waals surface area contributed by atoms with E-state index in [2.05, 4.69) is 28.2 Å². The van der Waals surface area contributed by atoms with E-state index >= 15 is 0 Å². The van der Waals surface area contributed by atoms with E-state index in [0.717, 1.165) is 35.2 Å². The molecule has 108 valence electrons. The third-order valence-corrected chi connectivity index (χ3v) is 4.33. The zero-order chi connectivity index (χ0) is 14.5. The van der Waals surface area contributed by atoms with Crippen LogP contribution in [0.4, 0.5) is 0 Å². The van der Waals surface area contributed by atoms with E-state index in [4.69, 9.17) is 27.6 Å². The first-order chi connectivity index (χ1) is 9.61. The molecule has 0 saturated carbocycles. The van der Waals surface area contributed by atoms with Crippen LogP contribution in [-0.4, -0.2) is 6.54 Å². The standard InChI is InChI=1S/C15H16BrCl2NO/c1-2-6-19-14(12-5-7-20-15(12)16)8-10-3-4-11(17)9-13(10)18/h3-5,7,9,14,19H,2,6,8H2,1H3. The number of halogens is 3. The first-order valence-corrected chi connectivity index (χ1v) is 8.07. The second kappa shape index (κ2) is 7.51. The van der Waals surface area contributed by atoms with E-state index in [-0.39, 0.29) is 6.04 Å². The lowest BCUT2D eigenvalue weighted by atomic mass is 10.0. The zero-order valence-corrected chi connectivity index (χ0v) is 14.2. The van der Waals surface area contributed by atoms with E-state index in [9.17, 15) is 0 Å². The van der Waals surface area contributed by atoms with E-state index in [1.807, 2.05) is 18.2 Å². The van der Waals surface area contributed by atoms with Gasteiger partial charge < -0.3 is 9.73 Å². The highest BCUT2D eigenvalue weighted by molar-refractivity contribution is 9.10. The average molecular weight is 377 g/mol. The molecule has 1 heterocycles. The van der Waals surface area contributed by atoms with Gasteiger partial charge >= 0.3 is 0 Å². The molecule has 2 aromatic rings. The Labute approximate surface area is 137 Å². The molecule has 2 rings (SSSR count). The van der Waals surface area contributed by atoms with Crippen LogP contribution < -0.4 is 5.32 Å². The second-order valence-electron chi connectivity index (χ2n) is 4.60. The number of benzene rings is 1. The van der Waals surface area contributed by atoms with Crippen LogP contribution in [0.3, 0.4) is 0 Å². The Kier molecular flexibility index (Phi) is 5.97. The van der Waals surface area contributed by atoms with Crippen LogP contribution in [0.5, 0.6) is 0 Å². The van der Waals surface area contributed by atoms with Crippen molar-refractivity contribution in [3.8, 4) is 0 Å². The van der Waals surface area contributed by atoms with Gasteiger partial charge in [0, 0.05) is 21.7 Å². The van der Waals surface area contributed by atoms with Crippen LogP contribution in [0.1, 0.15) is 30.5 Å². The van der Waals surface area contributed by atoms with Crippen LogP contribution in [-0.2, 0) is 6.42 Å². The Balaban J connectivity index is 2.21. The molecular weight excluding hydrogens is 361 g/mol. The summed E-state index contributed by atoms with van der Waals surface area (Å²) in [7, 11) is 0. The van der Waals surface area contributed by atoms with Crippen LogP contribution in [0.2, 0.25) is 10.0 Å². The van der Waals surface area contributed by atoms with Crippen molar-refractivity contribution in [3.05, 3.63) is 56.4 Å². The number of furan rings is 1. The maximum Gasteiger partial charge on any atom is 0.173 e. The Hall–Kier alpha value is -0.480. The number of hydrogen-bond acceptors (Lipinski definition) is 2. The molecule has 0 fully saturated rings. The van der Waals surface area contributed by atoms with Gasteiger partial charge in [0.2, 0.25) is 0 Å². The fourth-order valence-electron chi connectivity index (χ4n) is 2.07. The summed E-state index contributed by atoms with van der Waals surface area (Å²) in [5.41, 5.74) is 2.17. The highest BCUT2D eigenvalue weighted by Gasteiger charge is 2.18. The van der Waals surface area contributed by atoms with Gasteiger partial charge in [-0.3, -0.25) is 0 Å². The van der Waals surface area contributed by atoms with Crippen molar-refractivity contribution in [1.29, 1.82) is 0 Å². The van der Waals surface area contributed by atoms with E-state index < -0.39 is 0 Å². The molecule has 1 N–H and O–H groups in total. The molecule has 1 aromatic heterocycles. The monoisotopic (exact) mass is 375 g/mol. The zero-order valence-electron chi connectivity index (χ0n) is 11.1. The van der Waals surface area contributed by atoms with Gasteiger partial charge in [0.25, 0.3) is 0 Å². The molecule has 0 saturated heterocycles. The molecule has 5 heteroatoms. The average Bonchev–Trinajstić information content (AvgIpc) is 2.83. The van der Waals surface area contributed by atoms with Gasteiger partial charge in [0.15, 0.2) is 4.67 Å². The summed E-state index contributed by atoms with van der Waals surface area (Å²) in [5, 5.41) is 4.87. The molecule has 0 spiro atoms. The topological polar surface area (TPSA) is 25.2 Å². The van der Waals surface area contributed by atoms with E-state index in [1.165, 1.54) is 0 Å². The van der Waals surface area contributed by atoms with Crippen molar-refractivity contribution in [3.63, 3.8) is 0 Å². The summed E-state index contributed by atoms with van der Waals surface area (Å²) in [4.78, 5) is 0. The van der Waals surface area contributed by atoms with Crippen molar-refractivity contribution in [1.82, 2.24) is 5.32 Å². The van der Waals surface area contributed by atoms with Crippen molar-refractivity contribution in [2.45, 2.75) is 25.8 Å². The van der Waals surface area contributed by atoms with Crippen molar-refractivity contribution < 1.29 is 4.42 Å². The lowest BCUT2D eigenvalue weighted by Crippen LogP contribution is -2.24. The first kappa shape index (κ1) is 15.9. The van der Waals surface area contributed by atoms with Gasteiger partial charge in [-0.05, 0) is 59.1 Å². The van der Waals surface area contributed by atoms with Crippen molar-refractivity contribution in [2.75, 3.05) is 6.54 Å². The van der Waals surface area contributed by atoms with Gasteiger partial charge in [0.1, 0.15) is 0 Å². The van der Waals surface area contributed by atoms with Crippen molar-refractivity contribution in [2.24, 2.45) is 0 Å².